The number of halogens is 1. The largest absolute Gasteiger partial charge is 0.388 e. The summed E-state index contributed by atoms with van der Waals surface area (Å²) in [5.74, 6) is 0. The zero-order chi connectivity index (χ0) is 13.3. The van der Waals surface area contributed by atoms with E-state index in [0.29, 0.717) is 6.54 Å². The van der Waals surface area contributed by atoms with E-state index >= 15 is 0 Å². The van der Waals surface area contributed by atoms with Gasteiger partial charge in [-0.3, -0.25) is 0 Å². The number of benzene rings is 1. The molecule has 1 aromatic carbocycles. The van der Waals surface area contributed by atoms with Gasteiger partial charge in [-0.15, -0.1) is 0 Å². The Bertz CT molecular complexity index is 432. The topological polar surface area (TPSA) is 49.5 Å². The number of hydrogen-bond donors (Lipinski definition) is 2. The molecule has 1 heterocycles. The third-order valence-electron chi connectivity index (χ3n) is 3.51. The van der Waals surface area contributed by atoms with Gasteiger partial charge in [0.05, 0.1) is 5.60 Å². The zero-order valence-corrected chi connectivity index (χ0v) is 12.6. The van der Waals surface area contributed by atoms with E-state index < -0.39 is 5.60 Å². The van der Waals surface area contributed by atoms with Crippen LogP contribution in [0.5, 0.6) is 0 Å². The summed E-state index contributed by atoms with van der Waals surface area (Å²) >= 11 is 3.57. The van der Waals surface area contributed by atoms with Gasteiger partial charge in [-0.05, 0) is 44.4 Å². The summed E-state index contributed by atoms with van der Waals surface area (Å²) in [5, 5.41) is 10.1. The average molecular weight is 313 g/mol. The van der Waals surface area contributed by atoms with E-state index in [4.69, 9.17) is 5.73 Å². The van der Waals surface area contributed by atoms with E-state index in [2.05, 4.69) is 39.0 Å². The van der Waals surface area contributed by atoms with Crippen LogP contribution in [0.3, 0.4) is 0 Å². The number of anilines is 1. The van der Waals surface area contributed by atoms with Crippen LogP contribution in [0.1, 0.15) is 38.3 Å². The summed E-state index contributed by atoms with van der Waals surface area (Å²) < 4.78 is 1.04. The van der Waals surface area contributed by atoms with Crippen molar-refractivity contribution in [1.82, 2.24) is 0 Å². The maximum Gasteiger partial charge on any atom is 0.0794 e. The number of rotatable bonds is 2. The molecule has 2 rings (SSSR count). The maximum absolute atomic E-state index is 10.1. The minimum Gasteiger partial charge on any atom is -0.388 e. The van der Waals surface area contributed by atoms with Crippen LogP contribution in [-0.4, -0.2) is 23.8 Å². The monoisotopic (exact) mass is 312 g/mol. The maximum atomic E-state index is 10.1. The summed E-state index contributed by atoms with van der Waals surface area (Å²) in [6.45, 7) is 5.58. The quantitative estimate of drug-likeness (QED) is 0.883. The minimum atomic E-state index is -0.579. The van der Waals surface area contributed by atoms with Crippen molar-refractivity contribution in [1.29, 1.82) is 0 Å². The Morgan fingerprint density at radius 1 is 1.50 bits per heavy atom. The number of aliphatic hydroxyl groups is 1. The molecule has 2 unspecified atom stereocenters. The molecule has 3 N–H and O–H groups in total. The van der Waals surface area contributed by atoms with Crippen LogP contribution in [0.25, 0.3) is 0 Å². The summed E-state index contributed by atoms with van der Waals surface area (Å²) in [5.41, 5.74) is 7.58. The van der Waals surface area contributed by atoms with Crippen LogP contribution in [0, 0.1) is 0 Å². The molecule has 18 heavy (non-hydrogen) atoms. The lowest BCUT2D eigenvalue weighted by molar-refractivity contribution is 0.0449. The fourth-order valence-electron chi connectivity index (χ4n) is 2.52. The Morgan fingerprint density at radius 3 is 2.78 bits per heavy atom. The summed E-state index contributed by atoms with van der Waals surface area (Å²) in [6, 6.07) is 6.27. The van der Waals surface area contributed by atoms with Gasteiger partial charge in [0.25, 0.3) is 0 Å². The molecule has 0 spiro atoms. The van der Waals surface area contributed by atoms with Crippen LogP contribution in [0.2, 0.25) is 0 Å². The van der Waals surface area contributed by atoms with Crippen molar-refractivity contribution < 1.29 is 5.11 Å². The van der Waals surface area contributed by atoms with Crippen LogP contribution in [0.15, 0.2) is 22.7 Å². The molecule has 1 aliphatic rings. The summed E-state index contributed by atoms with van der Waals surface area (Å²) in [4.78, 5) is 2.24. The average Bonchev–Trinajstić information content (AvgIpc) is 2.27. The molecule has 1 aliphatic heterocycles. The lowest BCUT2D eigenvalue weighted by Gasteiger charge is -2.38. The van der Waals surface area contributed by atoms with E-state index in [-0.39, 0.29) is 6.04 Å². The first-order valence-electron chi connectivity index (χ1n) is 6.41. The van der Waals surface area contributed by atoms with E-state index in [9.17, 15) is 5.11 Å². The number of nitrogens with zero attached hydrogens (tertiary/aromatic N) is 1. The second kappa shape index (κ2) is 5.19. The Balaban J connectivity index is 2.21. The molecular weight excluding hydrogens is 292 g/mol. The van der Waals surface area contributed by atoms with Gasteiger partial charge in [0.2, 0.25) is 0 Å². The lowest BCUT2D eigenvalue weighted by atomic mass is 9.94. The van der Waals surface area contributed by atoms with Gasteiger partial charge >= 0.3 is 0 Å². The predicted molar refractivity (Wildman–Crippen MR) is 78.8 cm³/mol. The van der Waals surface area contributed by atoms with Crippen molar-refractivity contribution in [2.75, 3.05) is 18.0 Å². The van der Waals surface area contributed by atoms with Crippen LogP contribution >= 0.6 is 15.9 Å². The summed E-state index contributed by atoms with van der Waals surface area (Å²) in [7, 11) is 0. The molecule has 0 radical (unpaired) electrons. The standard InChI is InChI=1S/C14H21BrN2O/c1-10(16)12-5-4-11(8-13(12)15)17-7-3-6-14(2,18)9-17/h4-5,8,10,18H,3,6-7,9,16H2,1-2H3. The molecule has 0 aliphatic carbocycles. The predicted octanol–water partition coefficient (Wildman–Crippen LogP) is 2.82. The Hall–Kier alpha value is -0.580. The van der Waals surface area contributed by atoms with Gasteiger partial charge in [0.15, 0.2) is 0 Å². The smallest absolute Gasteiger partial charge is 0.0794 e. The van der Waals surface area contributed by atoms with Crippen LogP contribution < -0.4 is 10.6 Å². The molecule has 3 nitrogen and oxygen atoms in total. The van der Waals surface area contributed by atoms with Crippen molar-refractivity contribution in [2.45, 2.75) is 38.3 Å². The van der Waals surface area contributed by atoms with Crippen molar-refractivity contribution in [2.24, 2.45) is 5.73 Å². The van der Waals surface area contributed by atoms with Crippen molar-refractivity contribution in [3.63, 3.8) is 0 Å². The number of β-amino-alcohol motifs (C(OH)–C–C–N with tert-alkyl or cyclic N) is 1. The van der Waals surface area contributed by atoms with E-state index in [0.717, 1.165) is 35.1 Å². The molecule has 0 amide bonds. The van der Waals surface area contributed by atoms with Gasteiger partial charge in [-0.1, -0.05) is 22.0 Å². The van der Waals surface area contributed by atoms with Gasteiger partial charge in [-0.25, -0.2) is 0 Å². The highest BCUT2D eigenvalue weighted by Crippen LogP contribution is 2.30. The van der Waals surface area contributed by atoms with Gasteiger partial charge in [0.1, 0.15) is 0 Å². The molecule has 1 fully saturated rings. The van der Waals surface area contributed by atoms with Crippen LogP contribution in [0.4, 0.5) is 5.69 Å². The first-order valence-corrected chi connectivity index (χ1v) is 7.21. The second-order valence-electron chi connectivity index (χ2n) is 5.52. The fraction of sp³-hybridized carbons (Fsp3) is 0.571. The molecule has 0 aromatic heterocycles. The first kappa shape index (κ1) is 13.8. The van der Waals surface area contributed by atoms with Gasteiger partial charge in [0, 0.05) is 29.3 Å². The number of nitrogens with two attached hydrogens (primary N) is 1. The van der Waals surface area contributed by atoms with Crippen molar-refractivity contribution in [3.8, 4) is 0 Å². The summed E-state index contributed by atoms with van der Waals surface area (Å²) in [6.07, 6.45) is 1.91. The number of hydrogen-bond acceptors (Lipinski definition) is 3. The molecule has 0 saturated carbocycles. The third-order valence-corrected chi connectivity index (χ3v) is 4.20. The van der Waals surface area contributed by atoms with Crippen LogP contribution in [-0.2, 0) is 0 Å². The first-order chi connectivity index (χ1) is 8.39. The molecule has 4 heteroatoms. The highest BCUT2D eigenvalue weighted by molar-refractivity contribution is 9.10. The Kier molecular flexibility index (Phi) is 3.99. The Morgan fingerprint density at radius 2 is 2.22 bits per heavy atom. The normalized spacial score (nSPS) is 26.2. The zero-order valence-electron chi connectivity index (χ0n) is 11.0. The molecule has 0 bridgehead atoms. The molecular formula is C14H21BrN2O. The highest BCUT2D eigenvalue weighted by atomic mass is 79.9. The third kappa shape index (κ3) is 3.05. The SMILES string of the molecule is CC(N)c1ccc(N2CCCC(C)(O)C2)cc1Br. The fourth-order valence-corrected chi connectivity index (χ4v) is 3.25. The molecule has 2 atom stereocenters. The van der Waals surface area contributed by atoms with Gasteiger partial charge in [-0.2, -0.15) is 0 Å². The van der Waals surface area contributed by atoms with E-state index in [1.165, 1.54) is 0 Å². The van der Waals surface area contributed by atoms with Crippen molar-refractivity contribution in [3.05, 3.63) is 28.2 Å². The second-order valence-corrected chi connectivity index (χ2v) is 6.37. The molecule has 1 aromatic rings. The van der Waals surface area contributed by atoms with E-state index in [1.807, 2.05) is 13.8 Å². The highest BCUT2D eigenvalue weighted by Gasteiger charge is 2.28. The Labute approximate surface area is 117 Å². The van der Waals surface area contributed by atoms with Crippen molar-refractivity contribution >= 4 is 21.6 Å². The lowest BCUT2D eigenvalue weighted by Crippen LogP contribution is -2.46. The molecule has 1 saturated heterocycles. The van der Waals surface area contributed by atoms with Gasteiger partial charge < -0.3 is 15.7 Å². The minimum absolute atomic E-state index is 0.0258. The molecule has 100 valence electrons. The number of piperidine rings is 1. The van der Waals surface area contributed by atoms with E-state index in [1.54, 1.807) is 0 Å².